The van der Waals surface area contributed by atoms with Gasteiger partial charge >= 0.3 is 0 Å². The van der Waals surface area contributed by atoms with Crippen molar-refractivity contribution in [3.8, 4) is 23.0 Å². The zero-order chi connectivity index (χ0) is 18.4. The first kappa shape index (κ1) is 18.4. The van der Waals surface area contributed by atoms with E-state index in [1.54, 1.807) is 17.5 Å². The van der Waals surface area contributed by atoms with Crippen LogP contribution in [0.3, 0.4) is 0 Å². The summed E-state index contributed by atoms with van der Waals surface area (Å²) in [7, 11) is 0. The molecule has 0 saturated heterocycles. The Morgan fingerprint density at radius 3 is 2.54 bits per heavy atom. The number of aromatic nitrogens is 1. The maximum absolute atomic E-state index is 6.20. The minimum Gasteiger partial charge on any atom is -0.383 e. The molecular formula is C22H25N3S. The zero-order valence-corrected chi connectivity index (χ0v) is 16.3. The number of benzene rings is 1. The number of anilines is 1. The van der Waals surface area contributed by atoms with Crippen LogP contribution in [0.15, 0.2) is 41.9 Å². The molecule has 2 heterocycles. The minimum absolute atomic E-state index is 0.573. The van der Waals surface area contributed by atoms with Gasteiger partial charge in [0.2, 0.25) is 0 Å². The largest absolute Gasteiger partial charge is 0.383 e. The predicted molar refractivity (Wildman–Crippen MR) is 113 cm³/mol. The van der Waals surface area contributed by atoms with Crippen LogP contribution >= 0.6 is 11.3 Å². The first-order chi connectivity index (χ1) is 12.7. The summed E-state index contributed by atoms with van der Waals surface area (Å²) in [6, 6.07) is 10.3. The van der Waals surface area contributed by atoms with Gasteiger partial charge in [-0.2, -0.15) is 0 Å². The standard InChI is InChI=1S/C22H25N3S/c1-3-12-25(13-4-2)14-8-11-18-15-24-22(23)20-19(16-26-21(18)20)17-9-6-5-7-10-17/h5-7,9-10,15-16H,3-4,12-14H2,1-2H3,(H2,23,24). The van der Waals surface area contributed by atoms with Crippen LogP contribution in [-0.4, -0.2) is 29.5 Å². The Hall–Kier alpha value is -2.35. The third-order valence-electron chi connectivity index (χ3n) is 4.31. The number of fused-ring (bicyclic) bond motifs is 1. The average molecular weight is 364 g/mol. The van der Waals surface area contributed by atoms with Crippen molar-refractivity contribution in [1.29, 1.82) is 0 Å². The molecule has 0 aliphatic heterocycles. The quantitative estimate of drug-likeness (QED) is 0.625. The first-order valence-corrected chi connectivity index (χ1v) is 10.0. The van der Waals surface area contributed by atoms with Gasteiger partial charge in [0, 0.05) is 17.1 Å². The lowest BCUT2D eigenvalue weighted by Crippen LogP contribution is -2.25. The second-order valence-corrected chi connectivity index (χ2v) is 7.23. The van der Waals surface area contributed by atoms with Crippen molar-refractivity contribution in [2.24, 2.45) is 0 Å². The summed E-state index contributed by atoms with van der Waals surface area (Å²) in [5, 5.41) is 3.18. The molecule has 26 heavy (non-hydrogen) atoms. The van der Waals surface area contributed by atoms with Crippen LogP contribution in [0, 0.1) is 11.8 Å². The molecule has 0 aliphatic carbocycles. The number of rotatable bonds is 6. The van der Waals surface area contributed by atoms with E-state index in [1.165, 1.54) is 0 Å². The van der Waals surface area contributed by atoms with Gasteiger partial charge in [0.25, 0.3) is 0 Å². The lowest BCUT2D eigenvalue weighted by atomic mass is 10.0. The molecule has 0 unspecified atom stereocenters. The fourth-order valence-electron chi connectivity index (χ4n) is 3.14. The molecule has 0 spiro atoms. The molecule has 0 saturated carbocycles. The summed E-state index contributed by atoms with van der Waals surface area (Å²) < 4.78 is 1.13. The van der Waals surface area contributed by atoms with Crippen molar-refractivity contribution >= 4 is 27.2 Å². The van der Waals surface area contributed by atoms with Crippen molar-refractivity contribution in [2.45, 2.75) is 26.7 Å². The van der Waals surface area contributed by atoms with Gasteiger partial charge in [-0.1, -0.05) is 56.0 Å². The highest BCUT2D eigenvalue weighted by Gasteiger charge is 2.13. The molecule has 0 radical (unpaired) electrons. The molecule has 3 rings (SSSR count). The number of hydrogen-bond acceptors (Lipinski definition) is 4. The van der Waals surface area contributed by atoms with E-state index in [0.29, 0.717) is 5.82 Å². The second kappa shape index (κ2) is 8.84. The highest BCUT2D eigenvalue weighted by Crippen LogP contribution is 2.38. The van der Waals surface area contributed by atoms with E-state index in [4.69, 9.17) is 5.73 Å². The van der Waals surface area contributed by atoms with Gasteiger partial charge in [-0.25, -0.2) is 4.98 Å². The fraction of sp³-hybridized carbons (Fsp3) is 0.318. The monoisotopic (exact) mass is 363 g/mol. The van der Waals surface area contributed by atoms with Crippen LogP contribution < -0.4 is 5.73 Å². The van der Waals surface area contributed by atoms with E-state index >= 15 is 0 Å². The molecule has 4 heteroatoms. The van der Waals surface area contributed by atoms with E-state index in [1.807, 2.05) is 18.2 Å². The van der Waals surface area contributed by atoms with Gasteiger partial charge in [-0.05, 0) is 36.9 Å². The van der Waals surface area contributed by atoms with Crippen LogP contribution in [0.1, 0.15) is 32.3 Å². The Labute approximate surface area is 159 Å². The molecule has 1 aromatic carbocycles. The number of thiophene rings is 1. The van der Waals surface area contributed by atoms with Crippen molar-refractivity contribution in [1.82, 2.24) is 9.88 Å². The Morgan fingerprint density at radius 1 is 1.12 bits per heavy atom. The Bertz CT molecular complexity index is 913. The van der Waals surface area contributed by atoms with E-state index in [0.717, 1.165) is 59.3 Å². The van der Waals surface area contributed by atoms with Gasteiger partial charge in [0.1, 0.15) is 5.82 Å². The van der Waals surface area contributed by atoms with Gasteiger partial charge in [0.15, 0.2) is 0 Å². The summed E-state index contributed by atoms with van der Waals surface area (Å²) in [6.45, 7) is 7.40. The summed E-state index contributed by atoms with van der Waals surface area (Å²) in [5.41, 5.74) is 9.47. The molecule has 0 bridgehead atoms. The molecule has 2 N–H and O–H groups in total. The summed E-state index contributed by atoms with van der Waals surface area (Å²) in [5.74, 6) is 7.23. The van der Waals surface area contributed by atoms with Crippen molar-refractivity contribution in [2.75, 3.05) is 25.4 Å². The lowest BCUT2D eigenvalue weighted by molar-refractivity contribution is 0.308. The van der Waals surface area contributed by atoms with Crippen LogP contribution in [-0.2, 0) is 0 Å². The van der Waals surface area contributed by atoms with E-state index in [9.17, 15) is 0 Å². The molecule has 3 aromatic rings. The summed E-state index contributed by atoms with van der Waals surface area (Å²) in [6.07, 6.45) is 4.11. The number of nitrogens with zero attached hydrogens (tertiary/aromatic N) is 2. The second-order valence-electron chi connectivity index (χ2n) is 6.35. The highest BCUT2D eigenvalue weighted by atomic mass is 32.1. The molecule has 2 aromatic heterocycles. The molecule has 0 aliphatic rings. The van der Waals surface area contributed by atoms with Crippen molar-refractivity contribution in [3.05, 3.63) is 47.5 Å². The van der Waals surface area contributed by atoms with E-state index in [-0.39, 0.29) is 0 Å². The summed E-state index contributed by atoms with van der Waals surface area (Å²) in [4.78, 5) is 6.81. The third kappa shape index (κ3) is 4.07. The number of hydrogen-bond donors (Lipinski definition) is 1. The molecular weight excluding hydrogens is 338 g/mol. The molecule has 0 atom stereocenters. The highest BCUT2D eigenvalue weighted by molar-refractivity contribution is 7.18. The van der Waals surface area contributed by atoms with Crippen LogP contribution in [0.5, 0.6) is 0 Å². The molecule has 0 fully saturated rings. The number of nitrogen functional groups attached to an aromatic ring is 1. The maximum atomic E-state index is 6.20. The van der Waals surface area contributed by atoms with Gasteiger partial charge in [0.05, 0.1) is 16.8 Å². The molecule has 3 nitrogen and oxygen atoms in total. The molecule has 134 valence electrons. The van der Waals surface area contributed by atoms with Crippen LogP contribution in [0.2, 0.25) is 0 Å². The maximum Gasteiger partial charge on any atom is 0.132 e. The van der Waals surface area contributed by atoms with Crippen molar-refractivity contribution < 1.29 is 0 Å². The predicted octanol–water partition coefficient (Wildman–Crippen LogP) is 5.02. The normalized spacial score (nSPS) is 10.9. The Balaban J connectivity index is 1.93. The van der Waals surface area contributed by atoms with Gasteiger partial charge in [-0.15, -0.1) is 11.3 Å². The zero-order valence-electron chi connectivity index (χ0n) is 15.5. The van der Waals surface area contributed by atoms with Gasteiger partial charge in [-0.3, -0.25) is 4.90 Å². The number of nitrogens with two attached hydrogens (primary N) is 1. The summed E-state index contributed by atoms with van der Waals surface area (Å²) >= 11 is 1.69. The van der Waals surface area contributed by atoms with E-state index in [2.05, 4.69) is 53.1 Å². The molecule has 0 amide bonds. The van der Waals surface area contributed by atoms with Crippen LogP contribution in [0.4, 0.5) is 5.82 Å². The Kier molecular flexibility index (Phi) is 6.27. The third-order valence-corrected chi connectivity index (χ3v) is 5.33. The Morgan fingerprint density at radius 2 is 1.85 bits per heavy atom. The topological polar surface area (TPSA) is 42.2 Å². The number of pyridine rings is 1. The first-order valence-electron chi connectivity index (χ1n) is 9.16. The van der Waals surface area contributed by atoms with Crippen molar-refractivity contribution in [3.63, 3.8) is 0 Å². The van der Waals surface area contributed by atoms with Gasteiger partial charge < -0.3 is 5.73 Å². The fourth-order valence-corrected chi connectivity index (χ4v) is 4.19. The van der Waals surface area contributed by atoms with Crippen LogP contribution in [0.25, 0.3) is 21.2 Å². The average Bonchev–Trinajstić information content (AvgIpc) is 3.11. The van der Waals surface area contributed by atoms with E-state index < -0.39 is 0 Å². The minimum atomic E-state index is 0.573. The smallest absolute Gasteiger partial charge is 0.132 e. The SMILES string of the molecule is CCCN(CC#Cc1cnc(N)c2c(-c3ccccc3)csc12)CCC. The lowest BCUT2D eigenvalue weighted by Gasteiger charge is -2.17.